The maximum Gasteiger partial charge on any atom is 0.329 e. The van der Waals surface area contributed by atoms with Crippen LogP contribution in [-0.4, -0.2) is 32.3 Å². The molecule has 4 rings (SSSR count). The number of rotatable bonds is 4. The lowest BCUT2D eigenvalue weighted by atomic mass is 9.76. The average molecular weight is 394 g/mol. The second-order valence-corrected chi connectivity index (χ2v) is 7.67. The van der Waals surface area contributed by atoms with Crippen molar-refractivity contribution < 1.29 is 14.7 Å². The first kappa shape index (κ1) is 17.4. The number of carboxylic acid groups (broad SMARTS) is 1. The lowest BCUT2D eigenvalue weighted by molar-refractivity contribution is -0.148. The highest BCUT2D eigenvalue weighted by atomic mass is 35.5. The van der Waals surface area contributed by atoms with Crippen molar-refractivity contribution in [1.29, 1.82) is 0 Å². The molecule has 1 saturated carbocycles. The maximum atomic E-state index is 12.8. The van der Waals surface area contributed by atoms with Gasteiger partial charge in [0.15, 0.2) is 5.69 Å². The summed E-state index contributed by atoms with van der Waals surface area (Å²) in [7, 11) is 0. The van der Waals surface area contributed by atoms with Crippen molar-refractivity contribution in [2.45, 2.75) is 44.1 Å². The van der Waals surface area contributed by atoms with Crippen LogP contribution in [0.25, 0.3) is 5.69 Å². The highest BCUT2D eigenvalue weighted by molar-refractivity contribution is 6.35. The van der Waals surface area contributed by atoms with Crippen molar-refractivity contribution in [3.8, 4) is 5.69 Å². The predicted octanol–water partition coefficient (Wildman–Crippen LogP) is 3.40. The van der Waals surface area contributed by atoms with Crippen LogP contribution in [0.1, 0.15) is 47.4 Å². The number of hydrogen-bond donors (Lipinski definition) is 2. The van der Waals surface area contributed by atoms with Crippen LogP contribution in [0.4, 0.5) is 0 Å². The molecule has 26 heavy (non-hydrogen) atoms. The molecular weight excluding hydrogens is 377 g/mol. The van der Waals surface area contributed by atoms with Crippen molar-refractivity contribution >= 4 is 35.1 Å². The quantitative estimate of drug-likeness (QED) is 0.833. The fraction of sp³-hybridized carbons (Fsp3) is 0.389. The molecule has 1 amide bonds. The zero-order valence-corrected chi connectivity index (χ0v) is 15.4. The van der Waals surface area contributed by atoms with Gasteiger partial charge in [-0.3, -0.25) is 4.79 Å². The average Bonchev–Trinajstić information content (AvgIpc) is 3.13. The first-order chi connectivity index (χ1) is 12.4. The lowest BCUT2D eigenvalue weighted by Crippen LogP contribution is -2.59. The van der Waals surface area contributed by atoms with E-state index in [-0.39, 0.29) is 5.69 Å². The molecule has 136 valence electrons. The van der Waals surface area contributed by atoms with Gasteiger partial charge in [0, 0.05) is 16.3 Å². The smallest absolute Gasteiger partial charge is 0.329 e. The summed E-state index contributed by atoms with van der Waals surface area (Å²) in [5, 5.41) is 17.6. The number of hydrogen-bond acceptors (Lipinski definition) is 3. The van der Waals surface area contributed by atoms with Crippen molar-refractivity contribution in [3.63, 3.8) is 0 Å². The minimum Gasteiger partial charge on any atom is -0.480 e. The number of benzene rings is 1. The van der Waals surface area contributed by atoms with Gasteiger partial charge >= 0.3 is 5.97 Å². The van der Waals surface area contributed by atoms with Crippen molar-refractivity contribution in [3.05, 3.63) is 45.2 Å². The van der Waals surface area contributed by atoms with Crippen LogP contribution >= 0.6 is 23.2 Å². The summed E-state index contributed by atoms with van der Waals surface area (Å²) in [6, 6.07) is 5.12. The maximum absolute atomic E-state index is 12.8. The summed E-state index contributed by atoms with van der Waals surface area (Å²) in [4.78, 5) is 24.3. The summed E-state index contributed by atoms with van der Waals surface area (Å²) in [5.41, 5.74) is 1.59. The summed E-state index contributed by atoms with van der Waals surface area (Å²) < 4.78 is 1.68. The summed E-state index contributed by atoms with van der Waals surface area (Å²) in [5.74, 6) is -1.43. The number of amides is 1. The van der Waals surface area contributed by atoms with E-state index in [4.69, 9.17) is 23.2 Å². The van der Waals surface area contributed by atoms with Crippen LogP contribution < -0.4 is 5.32 Å². The number of carbonyl (C=O) groups is 2. The van der Waals surface area contributed by atoms with E-state index in [1.165, 1.54) is 0 Å². The SMILES string of the molecule is O=C(NC1(C(=O)O)CCC1)c1nn(-c2ccc(Cl)cc2Cl)c2c1CCC2. The van der Waals surface area contributed by atoms with Crippen molar-refractivity contribution in [1.82, 2.24) is 15.1 Å². The van der Waals surface area contributed by atoms with Gasteiger partial charge in [0.05, 0.1) is 10.7 Å². The molecule has 1 aromatic carbocycles. The minimum absolute atomic E-state index is 0.288. The Morgan fingerprint density at radius 1 is 1.19 bits per heavy atom. The Labute approximate surface area is 160 Å². The Morgan fingerprint density at radius 3 is 2.58 bits per heavy atom. The molecule has 2 aliphatic rings. The molecule has 1 fully saturated rings. The molecule has 6 nitrogen and oxygen atoms in total. The molecule has 2 aromatic rings. The Kier molecular flexibility index (Phi) is 4.20. The molecule has 1 aromatic heterocycles. The van der Waals surface area contributed by atoms with Gasteiger partial charge < -0.3 is 10.4 Å². The summed E-state index contributed by atoms with van der Waals surface area (Å²) >= 11 is 12.3. The third-order valence-electron chi connectivity index (χ3n) is 5.25. The Hall–Kier alpha value is -2.05. The van der Waals surface area contributed by atoms with Crippen LogP contribution in [0.2, 0.25) is 10.0 Å². The third-order valence-corrected chi connectivity index (χ3v) is 5.79. The van der Waals surface area contributed by atoms with E-state index in [1.807, 2.05) is 0 Å². The van der Waals surface area contributed by atoms with Crippen LogP contribution in [0.3, 0.4) is 0 Å². The normalized spacial score (nSPS) is 17.5. The van der Waals surface area contributed by atoms with E-state index in [0.717, 1.165) is 36.9 Å². The largest absolute Gasteiger partial charge is 0.480 e. The number of carboxylic acids is 1. The molecular formula is C18H17Cl2N3O3. The van der Waals surface area contributed by atoms with Gasteiger partial charge in [0.2, 0.25) is 0 Å². The standard InChI is InChI=1S/C18H17Cl2N3O3/c19-10-5-6-14(12(20)9-10)23-13-4-1-3-11(13)15(22-23)16(24)21-18(17(25)26)7-2-8-18/h5-6,9H,1-4,7-8H2,(H,21,24)(H,25,26). The van der Waals surface area contributed by atoms with Gasteiger partial charge in [0.25, 0.3) is 5.91 Å². The van der Waals surface area contributed by atoms with Crippen LogP contribution in [0.5, 0.6) is 0 Å². The van der Waals surface area contributed by atoms with Gasteiger partial charge in [-0.15, -0.1) is 0 Å². The highest BCUT2D eigenvalue weighted by Gasteiger charge is 2.46. The zero-order chi connectivity index (χ0) is 18.5. The van der Waals surface area contributed by atoms with Crippen molar-refractivity contribution in [2.75, 3.05) is 0 Å². The van der Waals surface area contributed by atoms with Gasteiger partial charge in [0.1, 0.15) is 5.54 Å². The zero-order valence-electron chi connectivity index (χ0n) is 13.9. The third kappa shape index (κ3) is 2.68. The fourth-order valence-corrected chi connectivity index (χ4v) is 4.16. The molecule has 2 N–H and O–H groups in total. The predicted molar refractivity (Wildman–Crippen MR) is 97.3 cm³/mol. The number of fused-ring (bicyclic) bond motifs is 1. The monoisotopic (exact) mass is 393 g/mol. The van der Waals surface area contributed by atoms with Gasteiger partial charge in [-0.25, -0.2) is 9.48 Å². The molecule has 0 saturated heterocycles. The second kappa shape index (κ2) is 6.28. The van der Waals surface area contributed by atoms with E-state index in [0.29, 0.717) is 28.6 Å². The number of halogens is 2. The Morgan fingerprint density at radius 2 is 1.96 bits per heavy atom. The molecule has 0 atom stereocenters. The van der Waals surface area contributed by atoms with E-state index < -0.39 is 17.4 Å². The number of aromatic nitrogens is 2. The molecule has 0 bridgehead atoms. The van der Waals surface area contributed by atoms with Crippen molar-refractivity contribution in [2.24, 2.45) is 0 Å². The lowest BCUT2D eigenvalue weighted by Gasteiger charge is -2.38. The number of aliphatic carboxylic acids is 1. The summed E-state index contributed by atoms with van der Waals surface area (Å²) in [6.45, 7) is 0. The summed E-state index contributed by atoms with van der Waals surface area (Å²) in [6.07, 6.45) is 4.13. The van der Waals surface area contributed by atoms with E-state index >= 15 is 0 Å². The van der Waals surface area contributed by atoms with Gasteiger partial charge in [-0.05, 0) is 56.7 Å². The van der Waals surface area contributed by atoms with E-state index in [1.54, 1.807) is 22.9 Å². The number of nitrogens with one attached hydrogen (secondary N) is 1. The van der Waals surface area contributed by atoms with Crippen LogP contribution in [0, 0.1) is 0 Å². The molecule has 0 unspecified atom stereocenters. The number of carbonyl (C=O) groups excluding carboxylic acids is 1. The minimum atomic E-state index is -1.16. The topological polar surface area (TPSA) is 84.2 Å². The van der Waals surface area contributed by atoms with Gasteiger partial charge in [-0.1, -0.05) is 23.2 Å². The molecule has 2 aliphatic carbocycles. The first-order valence-electron chi connectivity index (χ1n) is 8.53. The molecule has 0 spiro atoms. The second-order valence-electron chi connectivity index (χ2n) is 6.83. The first-order valence-corrected chi connectivity index (χ1v) is 9.29. The van der Waals surface area contributed by atoms with E-state index in [9.17, 15) is 14.7 Å². The van der Waals surface area contributed by atoms with Crippen LogP contribution in [0.15, 0.2) is 18.2 Å². The van der Waals surface area contributed by atoms with Crippen LogP contribution in [-0.2, 0) is 17.6 Å². The highest BCUT2D eigenvalue weighted by Crippen LogP contribution is 2.34. The van der Waals surface area contributed by atoms with Gasteiger partial charge in [-0.2, -0.15) is 5.10 Å². The Bertz CT molecular complexity index is 919. The molecule has 1 heterocycles. The fourth-order valence-electron chi connectivity index (χ4n) is 3.67. The van der Waals surface area contributed by atoms with E-state index in [2.05, 4.69) is 10.4 Å². The molecule has 8 heteroatoms. The molecule has 0 radical (unpaired) electrons. The molecule has 0 aliphatic heterocycles. The Balaban J connectivity index is 1.72. The number of nitrogens with zero attached hydrogens (tertiary/aromatic N) is 2.